The van der Waals surface area contributed by atoms with Gasteiger partial charge in [-0.05, 0) is 35.0 Å². The van der Waals surface area contributed by atoms with E-state index in [2.05, 4.69) is 15.9 Å². The first-order valence-electron chi connectivity index (χ1n) is 4.05. The average molecular weight is 287 g/mol. The molecule has 0 fully saturated rings. The fourth-order valence-electron chi connectivity index (χ4n) is 1.02. The maximum atomic E-state index is 13.1. The van der Waals surface area contributed by atoms with Crippen molar-refractivity contribution in [1.82, 2.24) is 0 Å². The summed E-state index contributed by atoms with van der Waals surface area (Å²) in [4.78, 5) is 0. The molecule has 1 aromatic carbocycles. The van der Waals surface area contributed by atoms with Gasteiger partial charge in [0.15, 0.2) is 0 Å². The van der Waals surface area contributed by atoms with Gasteiger partial charge in [0, 0.05) is 0 Å². The van der Waals surface area contributed by atoms with E-state index in [4.69, 9.17) is 4.74 Å². The average Bonchev–Trinajstić information content (AvgIpc) is 2.09. The molecule has 0 N–H and O–H groups in total. The number of rotatable bonds is 2. The van der Waals surface area contributed by atoms with Gasteiger partial charge in [-0.3, -0.25) is 0 Å². The summed E-state index contributed by atoms with van der Waals surface area (Å²) in [6.07, 6.45) is -4.72. The molecule has 0 unspecified atom stereocenters. The Morgan fingerprint density at radius 1 is 1.33 bits per heavy atom. The van der Waals surface area contributed by atoms with Crippen LogP contribution in [0, 0.1) is 5.82 Å². The number of halogens is 5. The molecule has 0 amide bonds. The minimum Gasteiger partial charge on any atom is -0.494 e. The van der Waals surface area contributed by atoms with E-state index in [-0.39, 0.29) is 16.8 Å². The predicted octanol–water partition coefficient (Wildman–Crippen LogP) is 4.01. The lowest BCUT2D eigenvalue weighted by molar-refractivity contribution is -0.140. The fraction of sp³-hybridized carbons (Fsp3) is 0.333. The molecule has 0 aliphatic rings. The van der Waals surface area contributed by atoms with Crippen molar-refractivity contribution in [2.24, 2.45) is 0 Å². The summed E-state index contributed by atoms with van der Waals surface area (Å²) in [7, 11) is 0. The van der Waals surface area contributed by atoms with Crippen molar-refractivity contribution in [3.05, 3.63) is 28.0 Å². The molecular formula is C9H7BrF4O. The van der Waals surface area contributed by atoms with Crippen LogP contribution < -0.4 is 4.74 Å². The molecule has 0 atom stereocenters. The van der Waals surface area contributed by atoms with Gasteiger partial charge in [0.25, 0.3) is 0 Å². The van der Waals surface area contributed by atoms with Crippen LogP contribution in [0.15, 0.2) is 16.6 Å². The molecule has 0 spiro atoms. The van der Waals surface area contributed by atoms with Crippen molar-refractivity contribution in [1.29, 1.82) is 0 Å². The zero-order valence-electron chi connectivity index (χ0n) is 7.66. The Hall–Kier alpha value is -0.780. The van der Waals surface area contributed by atoms with Crippen LogP contribution in [-0.4, -0.2) is 6.61 Å². The molecule has 15 heavy (non-hydrogen) atoms. The summed E-state index contributed by atoms with van der Waals surface area (Å²) < 4.78 is 54.7. The molecule has 0 radical (unpaired) electrons. The van der Waals surface area contributed by atoms with Crippen molar-refractivity contribution in [3.63, 3.8) is 0 Å². The summed E-state index contributed by atoms with van der Waals surface area (Å²) in [5.74, 6) is -1.34. The largest absolute Gasteiger partial charge is 0.494 e. The van der Waals surface area contributed by atoms with Gasteiger partial charge in [-0.15, -0.1) is 0 Å². The molecule has 0 bridgehead atoms. The van der Waals surface area contributed by atoms with Crippen molar-refractivity contribution < 1.29 is 22.3 Å². The maximum Gasteiger partial charge on any atom is 0.419 e. The number of alkyl halides is 3. The normalized spacial score (nSPS) is 11.6. The molecular weight excluding hydrogens is 280 g/mol. The van der Waals surface area contributed by atoms with Crippen molar-refractivity contribution >= 4 is 15.9 Å². The number of hydrogen-bond acceptors (Lipinski definition) is 1. The highest BCUT2D eigenvalue weighted by Crippen LogP contribution is 2.36. The number of hydrogen-bond donors (Lipinski definition) is 0. The van der Waals surface area contributed by atoms with Gasteiger partial charge in [-0.25, -0.2) is 4.39 Å². The summed E-state index contributed by atoms with van der Waals surface area (Å²) in [5.41, 5.74) is -1.33. The minimum absolute atomic E-state index is 0.0156. The highest BCUT2D eigenvalue weighted by molar-refractivity contribution is 9.10. The Morgan fingerprint density at radius 2 is 1.93 bits per heavy atom. The van der Waals surface area contributed by atoms with E-state index in [9.17, 15) is 17.6 Å². The van der Waals surface area contributed by atoms with Gasteiger partial charge >= 0.3 is 6.18 Å². The van der Waals surface area contributed by atoms with Crippen LogP contribution in [0.4, 0.5) is 17.6 Å². The van der Waals surface area contributed by atoms with Crippen molar-refractivity contribution in [2.45, 2.75) is 13.1 Å². The predicted molar refractivity (Wildman–Crippen MR) is 50.3 cm³/mol. The Balaban J connectivity index is 3.25. The lowest BCUT2D eigenvalue weighted by atomic mass is 10.2. The van der Waals surface area contributed by atoms with Gasteiger partial charge in [-0.2, -0.15) is 13.2 Å². The van der Waals surface area contributed by atoms with Gasteiger partial charge in [0.05, 0.1) is 16.6 Å². The van der Waals surface area contributed by atoms with E-state index in [1.807, 2.05) is 0 Å². The van der Waals surface area contributed by atoms with Crippen LogP contribution in [0.25, 0.3) is 0 Å². The van der Waals surface area contributed by atoms with Gasteiger partial charge in [-0.1, -0.05) is 0 Å². The summed E-state index contributed by atoms with van der Waals surface area (Å²) in [5, 5.41) is 0. The summed E-state index contributed by atoms with van der Waals surface area (Å²) >= 11 is 2.70. The molecule has 0 saturated heterocycles. The van der Waals surface area contributed by atoms with E-state index in [1.165, 1.54) is 0 Å². The zero-order chi connectivity index (χ0) is 11.6. The van der Waals surface area contributed by atoms with Crippen molar-refractivity contribution in [2.75, 3.05) is 6.61 Å². The molecule has 84 valence electrons. The Kier molecular flexibility index (Phi) is 3.59. The molecule has 0 aliphatic carbocycles. The third-order valence-electron chi connectivity index (χ3n) is 1.62. The molecule has 0 heterocycles. The first kappa shape index (κ1) is 12.3. The van der Waals surface area contributed by atoms with E-state index in [1.54, 1.807) is 6.92 Å². The Bertz CT molecular complexity index is 362. The molecule has 0 saturated carbocycles. The topological polar surface area (TPSA) is 9.23 Å². The first-order chi connectivity index (χ1) is 6.86. The monoisotopic (exact) mass is 286 g/mol. The smallest absolute Gasteiger partial charge is 0.419 e. The standard InChI is InChI=1S/C9H7BrF4O/c1-2-15-5-3-6(9(12,13)14)8(11)7(10)4-5/h3-4H,2H2,1H3. The lowest BCUT2D eigenvalue weighted by Gasteiger charge is -2.11. The van der Waals surface area contributed by atoms with E-state index in [0.717, 1.165) is 6.07 Å². The summed E-state index contributed by atoms with van der Waals surface area (Å²) in [6.45, 7) is 1.85. The molecule has 1 nitrogen and oxygen atoms in total. The SMILES string of the molecule is CCOc1cc(Br)c(F)c(C(F)(F)F)c1. The molecule has 1 aromatic rings. The molecule has 1 rings (SSSR count). The molecule has 0 aromatic heterocycles. The van der Waals surface area contributed by atoms with Gasteiger partial charge in [0.2, 0.25) is 0 Å². The Morgan fingerprint density at radius 3 is 2.40 bits per heavy atom. The highest BCUT2D eigenvalue weighted by Gasteiger charge is 2.35. The second-order valence-electron chi connectivity index (χ2n) is 2.70. The fourth-order valence-corrected chi connectivity index (χ4v) is 1.46. The molecule has 0 aliphatic heterocycles. The maximum absolute atomic E-state index is 13.1. The van der Waals surface area contributed by atoms with Crippen LogP contribution in [0.1, 0.15) is 12.5 Å². The quantitative estimate of drug-likeness (QED) is 0.747. The lowest BCUT2D eigenvalue weighted by Crippen LogP contribution is -2.09. The second kappa shape index (κ2) is 4.38. The van der Waals surface area contributed by atoms with E-state index in [0.29, 0.717) is 6.07 Å². The number of ether oxygens (including phenoxy) is 1. The van der Waals surface area contributed by atoms with Gasteiger partial charge < -0.3 is 4.74 Å². The highest BCUT2D eigenvalue weighted by atomic mass is 79.9. The summed E-state index contributed by atoms with van der Waals surface area (Å²) in [6, 6.07) is 1.80. The van der Waals surface area contributed by atoms with Crippen LogP contribution in [0.5, 0.6) is 5.75 Å². The third kappa shape index (κ3) is 2.84. The van der Waals surface area contributed by atoms with Gasteiger partial charge in [0.1, 0.15) is 11.6 Å². The van der Waals surface area contributed by atoms with E-state index >= 15 is 0 Å². The minimum atomic E-state index is -4.72. The molecule has 6 heteroatoms. The van der Waals surface area contributed by atoms with Crippen LogP contribution in [-0.2, 0) is 6.18 Å². The Labute approximate surface area is 92.2 Å². The third-order valence-corrected chi connectivity index (χ3v) is 2.20. The van der Waals surface area contributed by atoms with Crippen LogP contribution in [0.3, 0.4) is 0 Å². The van der Waals surface area contributed by atoms with Crippen molar-refractivity contribution in [3.8, 4) is 5.75 Å². The number of benzene rings is 1. The van der Waals surface area contributed by atoms with Crippen LogP contribution >= 0.6 is 15.9 Å². The van der Waals surface area contributed by atoms with E-state index < -0.39 is 17.6 Å². The second-order valence-corrected chi connectivity index (χ2v) is 3.55. The zero-order valence-corrected chi connectivity index (χ0v) is 9.25. The first-order valence-corrected chi connectivity index (χ1v) is 4.84. The van der Waals surface area contributed by atoms with Crippen LogP contribution in [0.2, 0.25) is 0 Å².